The lowest BCUT2D eigenvalue weighted by Gasteiger charge is -2.69. The van der Waals surface area contributed by atoms with Crippen molar-refractivity contribution in [3.8, 4) is 11.5 Å². The molecule has 4 aliphatic rings. The molecule has 7 atom stereocenters. The highest BCUT2D eigenvalue weighted by atomic mass is 16.5. The number of benzene rings is 1. The van der Waals surface area contributed by atoms with Gasteiger partial charge in [0.2, 0.25) is 0 Å². The van der Waals surface area contributed by atoms with Gasteiger partial charge >= 0.3 is 11.9 Å². The fourth-order valence-corrected chi connectivity index (χ4v) is 9.71. The van der Waals surface area contributed by atoms with Gasteiger partial charge in [0, 0.05) is 25.2 Å². The van der Waals surface area contributed by atoms with Crippen molar-refractivity contribution < 1.29 is 23.8 Å². The number of fused-ring (bicyclic) bond motifs is 6. The van der Waals surface area contributed by atoms with Crippen LogP contribution in [0.3, 0.4) is 0 Å². The SMILES string of the molecule is CC(=O)Oc1cc(C)c2c(c1)C[C@H]1[C@@]3(C)CC[C@H]4C(C)(C)[C@@H](OC(C)=O)CC[C@]4(C)[C@H]3CC[C@]1(C)O2. The third kappa shape index (κ3) is 3.70. The minimum absolute atomic E-state index is 0.00106. The lowest BCUT2D eigenvalue weighted by molar-refractivity contribution is -0.228. The van der Waals surface area contributed by atoms with E-state index in [1.807, 2.05) is 12.1 Å². The van der Waals surface area contributed by atoms with Gasteiger partial charge in [-0.15, -0.1) is 0 Å². The van der Waals surface area contributed by atoms with Crippen molar-refractivity contribution in [2.75, 3.05) is 0 Å². The molecular weight excluding hydrogens is 452 g/mol. The van der Waals surface area contributed by atoms with Crippen molar-refractivity contribution in [2.45, 2.75) is 112 Å². The van der Waals surface area contributed by atoms with Crippen molar-refractivity contribution in [1.29, 1.82) is 0 Å². The topological polar surface area (TPSA) is 61.8 Å². The zero-order valence-electron chi connectivity index (χ0n) is 23.5. The largest absolute Gasteiger partial charge is 0.487 e. The Balaban J connectivity index is 1.50. The summed E-state index contributed by atoms with van der Waals surface area (Å²) in [5, 5.41) is 0. The molecule has 0 amide bonds. The van der Waals surface area contributed by atoms with Gasteiger partial charge in [0.1, 0.15) is 23.2 Å². The summed E-state index contributed by atoms with van der Waals surface area (Å²) in [5.41, 5.74) is 2.35. The third-order valence-corrected chi connectivity index (χ3v) is 11.1. The summed E-state index contributed by atoms with van der Waals surface area (Å²) >= 11 is 0. The normalized spacial score (nSPS) is 40.4. The number of aryl methyl sites for hydroxylation is 1. The summed E-state index contributed by atoms with van der Waals surface area (Å²) in [6, 6.07) is 3.95. The summed E-state index contributed by atoms with van der Waals surface area (Å²) in [7, 11) is 0. The molecule has 0 saturated heterocycles. The fourth-order valence-electron chi connectivity index (χ4n) is 9.71. The second-order valence-corrected chi connectivity index (χ2v) is 13.6. The molecule has 0 unspecified atom stereocenters. The van der Waals surface area contributed by atoms with Crippen LogP contribution in [0.25, 0.3) is 0 Å². The first kappa shape index (κ1) is 25.6. The Kier molecular flexibility index (Phi) is 5.85. The predicted octanol–water partition coefficient (Wildman–Crippen LogP) is 6.81. The van der Waals surface area contributed by atoms with E-state index < -0.39 is 0 Å². The first-order valence-electron chi connectivity index (χ1n) is 13.9. The molecule has 1 aromatic carbocycles. The molecule has 198 valence electrons. The second-order valence-electron chi connectivity index (χ2n) is 13.6. The molecule has 0 spiro atoms. The maximum absolute atomic E-state index is 11.9. The van der Waals surface area contributed by atoms with Crippen LogP contribution in [-0.4, -0.2) is 23.6 Å². The molecule has 1 heterocycles. The van der Waals surface area contributed by atoms with E-state index in [0.29, 0.717) is 23.5 Å². The Morgan fingerprint density at radius 3 is 2.17 bits per heavy atom. The zero-order chi connectivity index (χ0) is 26.3. The van der Waals surface area contributed by atoms with Crippen LogP contribution in [0.4, 0.5) is 0 Å². The van der Waals surface area contributed by atoms with E-state index in [1.54, 1.807) is 6.92 Å². The van der Waals surface area contributed by atoms with Crippen molar-refractivity contribution in [3.63, 3.8) is 0 Å². The van der Waals surface area contributed by atoms with Crippen LogP contribution in [0.2, 0.25) is 0 Å². The van der Waals surface area contributed by atoms with Gasteiger partial charge in [0.15, 0.2) is 0 Å². The molecule has 0 bridgehead atoms. The van der Waals surface area contributed by atoms with E-state index in [9.17, 15) is 9.59 Å². The molecule has 3 fully saturated rings. The highest BCUT2D eigenvalue weighted by Gasteiger charge is 2.67. The van der Waals surface area contributed by atoms with Gasteiger partial charge in [-0.25, -0.2) is 0 Å². The minimum atomic E-state index is -0.293. The molecule has 5 rings (SSSR count). The highest BCUT2D eigenvalue weighted by Crippen LogP contribution is 2.71. The molecule has 3 saturated carbocycles. The van der Waals surface area contributed by atoms with Gasteiger partial charge in [-0.3, -0.25) is 9.59 Å². The van der Waals surface area contributed by atoms with E-state index in [2.05, 4.69) is 41.5 Å². The lowest BCUT2D eigenvalue weighted by Crippen LogP contribution is -2.66. The quantitative estimate of drug-likeness (QED) is 0.332. The van der Waals surface area contributed by atoms with Gasteiger partial charge in [0.05, 0.1) is 0 Å². The predicted molar refractivity (Wildman–Crippen MR) is 139 cm³/mol. The van der Waals surface area contributed by atoms with Crippen LogP contribution in [0.15, 0.2) is 12.1 Å². The lowest BCUT2D eigenvalue weighted by atomic mass is 9.37. The van der Waals surface area contributed by atoms with Crippen LogP contribution in [-0.2, 0) is 20.7 Å². The van der Waals surface area contributed by atoms with Crippen LogP contribution >= 0.6 is 0 Å². The smallest absolute Gasteiger partial charge is 0.308 e. The summed E-state index contributed by atoms with van der Waals surface area (Å²) in [6.45, 7) is 17.1. The molecule has 1 aliphatic heterocycles. The maximum Gasteiger partial charge on any atom is 0.308 e. The minimum Gasteiger partial charge on any atom is -0.487 e. The van der Waals surface area contributed by atoms with Crippen LogP contribution in [0.1, 0.15) is 98.1 Å². The molecule has 0 N–H and O–H groups in total. The van der Waals surface area contributed by atoms with E-state index in [0.717, 1.165) is 49.8 Å². The number of hydrogen-bond acceptors (Lipinski definition) is 5. The van der Waals surface area contributed by atoms with E-state index in [1.165, 1.54) is 18.9 Å². The number of rotatable bonds is 2. The van der Waals surface area contributed by atoms with Gasteiger partial charge in [-0.05, 0) is 105 Å². The average Bonchev–Trinajstić information content (AvgIpc) is 2.74. The van der Waals surface area contributed by atoms with E-state index in [-0.39, 0.29) is 39.9 Å². The molecular formula is C31H44O5. The molecule has 3 aliphatic carbocycles. The van der Waals surface area contributed by atoms with Crippen molar-refractivity contribution in [1.82, 2.24) is 0 Å². The van der Waals surface area contributed by atoms with Gasteiger partial charge in [-0.2, -0.15) is 0 Å². The van der Waals surface area contributed by atoms with Crippen molar-refractivity contribution >= 4 is 11.9 Å². The highest BCUT2D eigenvalue weighted by molar-refractivity contribution is 5.70. The number of hydrogen-bond donors (Lipinski definition) is 0. The molecule has 1 aromatic rings. The number of carbonyl (C=O) groups excluding carboxylic acids is 2. The van der Waals surface area contributed by atoms with Crippen LogP contribution < -0.4 is 9.47 Å². The average molecular weight is 497 g/mol. The van der Waals surface area contributed by atoms with E-state index in [4.69, 9.17) is 14.2 Å². The standard InChI is InChI=1S/C31H44O5/c1-18-15-22(34-19(2)32)16-21-17-25-30(7)12-9-23-28(4,5)26(35-20(3)33)11-13-29(23,6)24(30)10-14-31(25,8)36-27(18)21/h15-16,23-26H,9-14,17H2,1-8H3/t23-,24+,25-,26-,29-,30-,31-/m0/s1. The monoisotopic (exact) mass is 496 g/mol. The van der Waals surface area contributed by atoms with Crippen LogP contribution in [0.5, 0.6) is 11.5 Å². The summed E-state index contributed by atoms with van der Waals surface area (Å²) in [6.07, 6.45) is 7.54. The molecule has 36 heavy (non-hydrogen) atoms. The molecule has 5 heteroatoms. The summed E-state index contributed by atoms with van der Waals surface area (Å²) in [4.78, 5) is 23.5. The zero-order valence-corrected chi connectivity index (χ0v) is 23.5. The number of esters is 2. The molecule has 5 nitrogen and oxygen atoms in total. The summed E-state index contributed by atoms with van der Waals surface area (Å²) < 4.78 is 18.2. The Morgan fingerprint density at radius 1 is 0.861 bits per heavy atom. The Hall–Kier alpha value is -2.04. The second kappa shape index (κ2) is 8.23. The Labute approximate surface area is 216 Å². The maximum atomic E-state index is 11.9. The Bertz CT molecular complexity index is 1090. The first-order valence-corrected chi connectivity index (χ1v) is 13.9. The van der Waals surface area contributed by atoms with E-state index >= 15 is 0 Å². The van der Waals surface area contributed by atoms with Crippen molar-refractivity contribution in [2.24, 2.45) is 34.0 Å². The van der Waals surface area contributed by atoms with Gasteiger partial charge in [0.25, 0.3) is 0 Å². The number of ether oxygens (including phenoxy) is 3. The molecule has 0 aromatic heterocycles. The fraction of sp³-hybridized carbons (Fsp3) is 0.742. The van der Waals surface area contributed by atoms with Gasteiger partial charge < -0.3 is 14.2 Å². The first-order chi connectivity index (χ1) is 16.7. The Morgan fingerprint density at radius 2 is 1.50 bits per heavy atom. The molecule has 0 radical (unpaired) electrons. The summed E-state index contributed by atoms with van der Waals surface area (Å²) in [5.74, 6) is 2.67. The number of carbonyl (C=O) groups is 2. The van der Waals surface area contributed by atoms with Crippen LogP contribution in [0, 0.1) is 40.9 Å². The van der Waals surface area contributed by atoms with Gasteiger partial charge in [-0.1, -0.05) is 27.7 Å². The van der Waals surface area contributed by atoms with Crippen molar-refractivity contribution in [3.05, 3.63) is 23.3 Å². The third-order valence-electron chi connectivity index (χ3n) is 11.1.